The number of halogens is 1. The van der Waals surface area contributed by atoms with E-state index in [9.17, 15) is 0 Å². The lowest BCUT2D eigenvalue weighted by Gasteiger charge is -2.05. The van der Waals surface area contributed by atoms with Crippen molar-refractivity contribution in [2.45, 2.75) is 0 Å². The molecule has 0 aliphatic heterocycles. The molecular weight excluding hydrogens is 258 g/mol. The molecule has 78 valence electrons. The molecular formula is C10H10BrN3O. The predicted octanol–water partition coefficient (Wildman–Crippen LogP) is 2.56. The van der Waals surface area contributed by atoms with E-state index in [1.165, 1.54) is 0 Å². The molecule has 1 aromatic heterocycles. The molecule has 1 heterocycles. The summed E-state index contributed by atoms with van der Waals surface area (Å²) in [5.41, 5.74) is 6.32. The number of rotatable bonds is 2. The molecule has 0 atom stereocenters. The maximum Gasteiger partial charge on any atom is 0.165 e. The molecule has 5 heteroatoms. The highest BCUT2D eigenvalue weighted by Crippen LogP contribution is 2.30. The van der Waals surface area contributed by atoms with Gasteiger partial charge in [0.15, 0.2) is 5.75 Å². The Balaban J connectivity index is 2.24. The highest BCUT2D eigenvalue weighted by atomic mass is 79.9. The van der Waals surface area contributed by atoms with Gasteiger partial charge in [0, 0.05) is 12.7 Å². The van der Waals surface area contributed by atoms with Gasteiger partial charge in [0.2, 0.25) is 0 Å². The van der Waals surface area contributed by atoms with Crippen molar-refractivity contribution in [2.75, 3.05) is 5.73 Å². The number of hydrogen-bond acceptors (Lipinski definition) is 3. The smallest absolute Gasteiger partial charge is 0.165 e. The van der Waals surface area contributed by atoms with Gasteiger partial charge in [-0.05, 0) is 34.1 Å². The summed E-state index contributed by atoms with van der Waals surface area (Å²) >= 11 is 3.38. The van der Waals surface area contributed by atoms with Gasteiger partial charge >= 0.3 is 0 Å². The summed E-state index contributed by atoms with van der Waals surface area (Å²) < 4.78 is 8.11. The number of nitrogen functional groups attached to an aromatic ring is 1. The third kappa shape index (κ3) is 2.30. The van der Waals surface area contributed by atoms with Crippen molar-refractivity contribution < 1.29 is 4.74 Å². The average Bonchev–Trinajstić information content (AvgIpc) is 2.56. The standard InChI is InChI=1S/C10H10BrN3O/c1-14-6-8(5-13-14)15-10-3-2-7(12)4-9(10)11/h2-6H,12H2,1H3. The number of aryl methyl sites for hydroxylation is 1. The van der Waals surface area contributed by atoms with E-state index in [-0.39, 0.29) is 0 Å². The van der Waals surface area contributed by atoms with Crippen LogP contribution in [-0.2, 0) is 7.05 Å². The van der Waals surface area contributed by atoms with Crippen molar-refractivity contribution in [3.8, 4) is 11.5 Å². The Morgan fingerprint density at radius 1 is 1.47 bits per heavy atom. The molecule has 0 aliphatic carbocycles. The first-order valence-corrected chi connectivity index (χ1v) is 5.16. The summed E-state index contributed by atoms with van der Waals surface area (Å²) in [4.78, 5) is 0. The fourth-order valence-electron chi connectivity index (χ4n) is 1.18. The molecule has 2 rings (SSSR count). The van der Waals surface area contributed by atoms with Crippen LogP contribution in [0.4, 0.5) is 5.69 Å². The van der Waals surface area contributed by atoms with E-state index in [4.69, 9.17) is 10.5 Å². The number of nitrogens with two attached hydrogens (primary N) is 1. The molecule has 0 spiro atoms. The van der Waals surface area contributed by atoms with Crippen molar-refractivity contribution >= 4 is 21.6 Å². The summed E-state index contributed by atoms with van der Waals surface area (Å²) in [5, 5.41) is 4.01. The summed E-state index contributed by atoms with van der Waals surface area (Å²) in [6.45, 7) is 0. The van der Waals surface area contributed by atoms with Crippen molar-refractivity contribution in [1.29, 1.82) is 0 Å². The van der Waals surface area contributed by atoms with E-state index in [1.54, 1.807) is 29.2 Å². The normalized spacial score (nSPS) is 10.3. The number of benzene rings is 1. The minimum absolute atomic E-state index is 0.695. The van der Waals surface area contributed by atoms with Crippen molar-refractivity contribution in [3.05, 3.63) is 35.1 Å². The molecule has 0 aliphatic rings. The maximum atomic E-state index is 5.62. The first kappa shape index (κ1) is 10.0. The Bertz CT molecular complexity index is 481. The second kappa shape index (κ2) is 3.94. The molecule has 2 N–H and O–H groups in total. The molecule has 0 unspecified atom stereocenters. The molecule has 0 fully saturated rings. The topological polar surface area (TPSA) is 53.1 Å². The molecule has 4 nitrogen and oxygen atoms in total. The second-order valence-electron chi connectivity index (χ2n) is 3.14. The third-order valence-corrected chi connectivity index (χ3v) is 2.48. The van der Waals surface area contributed by atoms with Gasteiger partial charge in [0.05, 0.1) is 16.9 Å². The Morgan fingerprint density at radius 3 is 2.87 bits per heavy atom. The first-order chi connectivity index (χ1) is 7.15. The van der Waals surface area contributed by atoms with Gasteiger partial charge in [-0.25, -0.2) is 0 Å². The van der Waals surface area contributed by atoms with Crippen LogP contribution in [0.1, 0.15) is 0 Å². The molecule has 0 saturated heterocycles. The van der Waals surface area contributed by atoms with Gasteiger partial charge in [-0.1, -0.05) is 0 Å². The highest BCUT2D eigenvalue weighted by molar-refractivity contribution is 9.10. The molecule has 0 saturated carbocycles. The zero-order valence-electron chi connectivity index (χ0n) is 8.14. The SMILES string of the molecule is Cn1cc(Oc2ccc(N)cc2Br)cn1. The summed E-state index contributed by atoms with van der Waals surface area (Å²) in [6, 6.07) is 5.40. The monoisotopic (exact) mass is 267 g/mol. The van der Waals surface area contributed by atoms with Crippen LogP contribution in [0, 0.1) is 0 Å². The Hall–Kier alpha value is -1.49. The van der Waals surface area contributed by atoms with Gasteiger partial charge in [0.25, 0.3) is 0 Å². The number of anilines is 1. The van der Waals surface area contributed by atoms with Crippen molar-refractivity contribution in [1.82, 2.24) is 9.78 Å². The van der Waals surface area contributed by atoms with Crippen molar-refractivity contribution in [3.63, 3.8) is 0 Å². The van der Waals surface area contributed by atoms with Gasteiger partial charge in [-0.15, -0.1) is 0 Å². The quantitative estimate of drug-likeness (QED) is 0.851. The number of nitrogens with zero attached hydrogens (tertiary/aromatic N) is 2. The van der Waals surface area contributed by atoms with Gasteiger partial charge in [0.1, 0.15) is 5.75 Å². The van der Waals surface area contributed by atoms with E-state index in [0.29, 0.717) is 11.4 Å². The fourth-order valence-corrected chi connectivity index (χ4v) is 1.66. The molecule has 0 amide bonds. The summed E-state index contributed by atoms with van der Waals surface area (Å²) in [6.07, 6.45) is 3.45. The lowest BCUT2D eigenvalue weighted by Crippen LogP contribution is -1.88. The van der Waals surface area contributed by atoms with Crippen LogP contribution >= 0.6 is 15.9 Å². The number of ether oxygens (including phenoxy) is 1. The summed E-state index contributed by atoms with van der Waals surface area (Å²) in [5.74, 6) is 1.42. The minimum Gasteiger partial charge on any atom is -0.453 e. The van der Waals surface area contributed by atoms with E-state index >= 15 is 0 Å². The lowest BCUT2D eigenvalue weighted by molar-refractivity contribution is 0.479. The van der Waals surface area contributed by atoms with Crippen LogP contribution in [0.15, 0.2) is 35.1 Å². The highest BCUT2D eigenvalue weighted by Gasteiger charge is 2.04. The predicted molar refractivity (Wildman–Crippen MR) is 61.8 cm³/mol. The van der Waals surface area contributed by atoms with Crippen LogP contribution in [0.5, 0.6) is 11.5 Å². The van der Waals surface area contributed by atoms with Gasteiger partial charge in [-0.2, -0.15) is 5.10 Å². The van der Waals surface area contributed by atoms with E-state index in [1.807, 2.05) is 13.1 Å². The van der Waals surface area contributed by atoms with E-state index < -0.39 is 0 Å². The third-order valence-electron chi connectivity index (χ3n) is 1.86. The van der Waals surface area contributed by atoms with Crippen molar-refractivity contribution in [2.24, 2.45) is 7.05 Å². The van der Waals surface area contributed by atoms with E-state index in [0.717, 1.165) is 10.2 Å². The minimum atomic E-state index is 0.695. The molecule has 2 aromatic rings. The first-order valence-electron chi connectivity index (χ1n) is 4.36. The zero-order valence-corrected chi connectivity index (χ0v) is 9.73. The molecule has 15 heavy (non-hydrogen) atoms. The fraction of sp³-hybridized carbons (Fsp3) is 0.100. The summed E-state index contributed by atoms with van der Waals surface area (Å²) in [7, 11) is 1.84. The molecule has 1 aromatic carbocycles. The van der Waals surface area contributed by atoms with E-state index in [2.05, 4.69) is 21.0 Å². The molecule has 0 radical (unpaired) electrons. The van der Waals surface area contributed by atoms with Crippen LogP contribution < -0.4 is 10.5 Å². The Morgan fingerprint density at radius 2 is 2.27 bits per heavy atom. The Kier molecular flexibility index (Phi) is 2.64. The Labute approximate surface area is 95.8 Å². The largest absolute Gasteiger partial charge is 0.453 e. The zero-order chi connectivity index (χ0) is 10.8. The number of aromatic nitrogens is 2. The lowest BCUT2D eigenvalue weighted by atomic mass is 10.3. The maximum absolute atomic E-state index is 5.62. The average molecular weight is 268 g/mol. The number of hydrogen-bond donors (Lipinski definition) is 1. The van der Waals surface area contributed by atoms with Gasteiger partial charge < -0.3 is 10.5 Å². The molecule has 0 bridgehead atoms. The second-order valence-corrected chi connectivity index (χ2v) is 4.00. The van der Waals surface area contributed by atoms with Crippen LogP contribution in [0.3, 0.4) is 0 Å². The van der Waals surface area contributed by atoms with Gasteiger partial charge in [-0.3, -0.25) is 4.68 Å². The van der Waals surface area contributed by atoms with Crippen LogP contribution in [-0.4, -0.2) is 9.78 Å². The van der Waals surface area contributed by atoms with Crippen LogP contribution in [0.2, 0.25) is 0 Å². The van der Waals surface area contributed by atoms with Crippen LogP contribution in [0.25, 0.3) is 0 Å².